The Labute approximate surface area is 212 Å². The normalized spacial score (nSPS) is 11.2. The summed E-state index contributed by atoms with van der Waals surface area (Å²) in [5.74, 6) is -0.367. The number of nitro groups is 1. The molecule has 0 bridgehead atoms. The first-order valence-electron chi connectivity index (χ1n) is 10.4. The van der Waals surface area contributed by atoms with E-state index in [9.17, 15) is 23.7 Å². The molecule has 2 heterocycles. The summed E-state index contributed by atoms with van der Waals surface area (Å²) in [5, 5.41) is 18.9. The van der Waals surface area contributed by atoms with E-state index in [1.807, 2.05) is 0 Å². The van der Waals surface area contributed by atoms with E-state index in [1.54, 1.807) is 13.8 Å². The molecule has 9 nitrogen and oxygen atoms in total. The van der Waals surface area contributed by atoms with Crippen LogP contribution in [0.3, 0.4) is 0 Å². The van der Waals surface area contributed by atoms with E-state index < -0.39 is 17.3 Å². The lowest BCUT2D eigenvalue weighted by Gasteiger charge is -2.11. The van der Waals surface area contributed by atoms with Crippen molar-refractivity contribution in [3.63, 3.8) is 0 Å². The SMILES string of the molecule is Cc1cc(C(F)F)c2c(C)nn(CC(=O)Nc3cc(Oc4ccc(Cl)cc4Cl)cc([N+](=O)[O-])c3)c2n1. The molecule has 1 amide bonds. The number of hydrogen-bond acceptors (Lipinski definition) is 6. The van der Waals surface area contributed by atoms with E-state index >= 15 is 0 Å². The molecule has 0 saturated heterocycles. The van der Waals surface area contributed by atoms with Crippen molar-refractivity contribution < 1.29 is 23.2 Å². The Morgan fingerprint density at radius 2 is 1.94 bits per heavy atom. The van der Waals surface area contributed by atoms with Crippen LogP contribution in [-0.2, 0) is 11.3 Å². The standard InChI is InChI=1S/C23H17Cl2F2N5O4/c1-11-5-17(22(26)27)21-12(2)30-31(23(21)28-11)10-20(33)29-14-7-15(32(34)35)9-16(8-14)36-19-4-3-13(24)6-18(19)25/h3-9,22H,10H2,1-2H3,(H,29,33). The van der Waals surface area contributed by atoms with Gasteiger partial charge in [0.2, 0.25) is 5.91 Å². The molecule has 186 valence electrons. The Bertz CT molecular complexity index is 1510. The molecule has 0 radical (unpaired) electrons. The number of nitro benzene ring substituents is 1. The highest BCUT2D eigenvalue weighted by Gasteiger charge is 2.21. The number of aromatic nitrogens is 3. The number of nitrogens with zero attached hydrogens (tertiary/aromatic N) is 4. The molecule has 2 aromatic carbocycles. The van der Waals surface area contributed by atoms with E-state index in [0.29, 0.717) is 16.4 Å². The fourth-order valence-electron chi connectivity index (χ4n) is 3.64. The number of carbonyl (C=O) groups excluding carboxylic acids is 1. The first-order valence-corrected chi connectivity index (χ1v) is 11.1. The number of pyridine rings is 1. The first-order chi connectivity index (χ1) is 17.0. The van der Waals surface area contributed by atoms with Crippen LogP contribution in [0.4, 0.5) is 20.2 Å². The number of non-ortho nitro benzene ring substituents is 1. The van der Waals surface area contributed by atoms with Crippen LogP contribution >= 0.6 is 23.2 Å². The van der Waals surface area contributed by atoms with Crippen LogP contribution in [-0.4, -0.2) is 25.6 Å². The summed E-state index contributed by atoms with van der Waals surface area (Å²) in [6.45, 7) is 2.74. The van der Waals surface area contributed by atoms with E-state index in [4.69, 9.17) is 27.9 Å². The molecular formula is C23H17Cl2F2N5O4. The fourth-order valence-corrected chi connectivity index (χ4v) is 4.09. The van der Waals surface area contributed by atoms with Crippen molar-refractivity contribution in [1.82, 2.24) is 14.8 Å². The first kappa shape index (κ1) is 25.3. The number of anilines is 1. The monoisotopic (exact) mass is 535 g/mol. The molecule has 1 N–H and O–H groups in total. The number of aryl methyl sites for hydroxylation is 2. The van der Waals surface area contributed by atoms with Gasteiger partial charge in [0.05, 0.1) is 32.8 Å². The highest BCUT2D eigenvalue weighted by atomic mass is 35.5. The number of nitrogens with one attached hydrogen (secondary N) is 1. The third kappa shape index (κ3) is 5.37. The second-order valence-corrected chi connectivity index (χ2v) is 8.64. The molecule has 0 fully saturated rings. The zero-order valence-corrected chi connectivity index (χ0v) is 20.3. The molecule has 0 aliphatic heterocycles. The van der Waals surface area contributed by atoms with Crippen LogP contribution in [0.25, 0.3) is 11.0 Å². The summed E-state index contributed by atoms with van der Waals surface area (Å²) in [6.07, 6.45) is -2.74. The van der Waals surface area contributed by atoms with Gasteiger partial charge in [-0.05, 0) is 38.1 Å². The van der Waals surface area contributed by atoms with Crippen molar-refractivity contribution in [3.8, 4) is 11.5 Å². The largest absolute Gasteiger partial charge is 0.455 e. The van der Waals surface area contributed by atoms with Crippen LogP contribution < -0.4 is 10.1 Å². The Kier molecular flexibility index (Phi) is 7.04. The second-order valence-electron chi connectivity index (χ2n) is 7.79. The van der Waals surface area contributed by atoms with Gasteiger partial charge < -0.3 is 10.1 Å². The van der Waals surface area contributed by atoms with Gasteiger partial charge in [-0.25, -0.2) is 18.4 Å². The Hall–Kier alpha value is -3.83. The number of carbonyl (C=O) groups is 1. The Balaban J connectivity index is 1.62. The molecule has 0 unspecified atom stereocenters. The average Bonchev–Trinajstić information content (AvgIpc) is 3.09. The maximum atomic E-state index is 13.5. The van der Waals surface area contributed by atoms with E-state index in [1.165, 1.54) is 41.1 Å². The molecule has 0 saturated carbocycles. The van der Waals surface area contributed by atoms with Gasteiger partial charge in [0.1, 0.15) is 18.0 Å². The number of fused-ring (bicyclic) bond motifs is 1. The van der Waals surface area contributed by atoms with Crippen molar-refractivity contribution >= 4 is 51.5 Å². The number of ether oxygens (including phenoxy) is 1. The summed E-state index contributed by atoms with van der Waals surface area (Å²) in [4.78, 5) is 27.8. The number of amides is 1. The summed E-state index contributed by atoms with van der Waals surface area (Å²) in [7, 11) is 0. The molecule has 4 rings (SSSR count). The van der Waals surface area contributed by atoms with Gasteiger partial charge in [-0.1, -0.05) is 23.2 Å². The number of alkyl halides is 2. The zero-order chi connectivity index (χ0) is 26.1. The van der Waals surface area contributed by atoms with Crippen LogP contribution in [0.1, 0.15) is 23.4 Å². The lowest BCUT2D eigenvalue weighted by Crippen LogP contribution is -2.20. The van der Waals surface area contributed by atoms with E-state index in [-0.39, 0.29) is 51.0 Å². The third-order valence-electron chi connectivity index (χ3n) is 5.07. The highest BCUT2D eigenvalue weighted by molar-refractivity contribution is 6.35. The minimum atomic E-state index is -2.74. The maximum Gasteiger partial charge on any atom is 0.275 e. The summed E-state index contributed by atoms with van der Waals surface area (Å²) in [6, 6.07) is 9.46. The van der Waals surface area contributed by atoms with E-state index in [0.717, 1.165) is 6.07 Å². The number of halogens is 4. The second kappa shape index (κ2) is 10.0. The molecule has 0 spiro atoms. The van der Waals surface area contributed by atoms with Crippen molar-refractivity contribution in [2.75, 3.05) is 5.32 Å². The molecular weight excluding hydrogens is 519 g/mol. The van der Waals surface area contributed by atoms with Crippen LogP contribution in [0.5, 0.6) is 11.5 Å². The van der Waals surface area contributed by atoms with Crippen molar-refractivity contribution in [1.29, 1.82) is 0 Å². The smallest absolute Gasteiger partial charge is 0.275 e. The third-order valence-corrected chi connectivity index (χ3v) is 5.60. The molecule has 0 atom stereocenters. The zero-order valence-electron chi connectivity index (χ0n) is 18.8. The molecule has 4 aromatic rings. The highest BCUT2D eigenvalue weighted by Crippen LogP contribution is 2.35. The summed E-state index contributed by atoms with van der Waals surface area (Å²) < 4.78 is 33.9. The van der Waals surface area contributed by atoms with Gasteiger partial charge in [0.15, 0.2) is 5.65 Å². The van der Waals surface area contributed by atoms with Gasteiger partial charge in [-0.2, -0.15) is 5.10 Å². The lowest BCUT2D eigenvalue weighted by molar-refractivity contribution is -0.384. The quantitative estimate of drug-likeness (QED) is 0.210. The number of hydrogen-bond donors (Lipinski definition) is 1. The predicted molar refractivity (Wildman–Crippen MR) is 130 cm³/mol. The number of benzene rings is 2. The minimum Gasteiger partial charge on any atom is -0.455 e. The Morgan fingerprint density at radius 3 is 2.61 bits per heavy atom. The van der Waals surface area contributed by atoms with Crippen LogP contribution in [0.15, 0.2) is 42.5 Å². The molecule has 13 heteroatoms. The van der Waals surface area contributed by atoms with Gasteiger partial charge >= 0.3 is 0 Å². The van der Waals surface area contributed by atoms with Crippen LogP contribution in [0.2, 0.25) is 10.0 Å². The van der Waals surface area contributed by atoms with Gasteiger partial charge in [-0.15, -0.1) is 0 Å². The molecule has 36 heavy (non-hydrogen) atoms. The maximum absolute atomic E-state index is 13.5. The average molecular weight is 536 g/mol. The van der Waals surface area contributed by atoms with Crippen molar-refractivity contribution in [3.05, 3.63) is 79.6 Å². The Morgan fingerprint density at radius 1 is 1.19 bits per heavy atom. The van der Waals surface area contributed by atoms with Crippen LogP contribution in [0, 0.1) is 24.0 Å². The fraction of sp³-hybridized carbons (Fsp3) is 0.174. The van der Waals surface area contributed by atoms with Gasteiger partial charge in [0, 0.05) is 28.4 Å². The predicted octanol–water partition coefficient (Wildman–Crippen LogP) is 6.63. The molecule has 2 aromatic heterocycles. The topological polar surface area (TPSA) is 112 Å². The van der Waals surface area contributed by atoms with E-state index in [2.05, 4.69) is 15.4 Å². The van der Waals surface area contributed by atoms with Crippen molar-refractivity contribution in [2.24, 2.45) is 0 Å². The summed E-state index contributed by atoms with van der Waals surface area (Å²) >= 11 is 12.0. The molecule has 0 aliphatic rings. The van der Waals surface area contributed by atoms with Gasteiger partial charge in [0.25, 0.3) is 12.1 Å². The molecule has 0 aliphatic carbocycles. The van der Waals surface area contributed by atoms with Crippen molar-refractivity contribution in [2.45, 2.75) is 26.8 Å². The minimum absolute atomic E-state index is 0.0444. The van der Waals surface area contributed by atoms with Gasteiger partial charge in [-0.3, -0.25) is 14.9 Å². The summed E-state index contributed by atoms with van der Waals surface area (Å²) in [5.41, 5.74) is 0.292. The number of rotatable bonds is 7. The lowest BCUT2D eigenvalue weighted by atomic mass is 10.1.